The van der Waals surface area contributed by atoms with Crippen LogP contribution in [0.15, 0.2) is 30.5 Å². The van der Waals surface area contributed by atoms with Crippen LogP contribution in [0.4, 0.5) is 4.39 Å². The van der Waals surface area contributed by atoms with Crippen LogP contribution in [0.5, 0.6) is 0 Å². The molecule has 1 N–H and O–H groups in total. The minimum absolute atomic E-state index is 0.0655. The van der Waals surface area contributed by atoms with E-state index in [1.165, 1.54) is 6.07 Å². The third-order valence-corrected chi connectivity index (χ3v) is 5.07. The van der Waals surface area contributed by atoms with Gasteiger partial charge in [-0.3, -0.25) is 14.7 Å². The third kappa shape index (κ3) is 5.47. The Bertz CT molecular complexity index is 760. The molecular weight excluding hydrogens is 345 g/mol. The smallest absolute Gasteiger partial charge is 0.223 e. The van der Waals surface area contributed by atoms with Gasteiger partial charge in [-0.25, -0.2) is 4.39 Å². The van der Waals surface area contributed by atoms with E-state index in [0.29, 0.717) is 26.3 Å². The quantitative estimate of drug-likeness (QED) is 0.723. The van der Waals surface area contributed by atoms with Gasteiger partial charge in [0.1, 0.15) is 5.82 Å². The van der Waals surface area contributed by atoms with Crippen molar-refractivity contribution in [2.24, 2.45) is 5.92 Å². The first-order chi connectivity index (χ1) is 13.2. The highest BCUT2D eigenvalue weighted by Gasteiger charge is 2.25. The Kier molecular flexibility index (Phi) is 7.12. The average Bonchev–Trinajstić information content (AvgIpc) is 2.68. The number of aromatic nitrogens is 1. The van der Waals surface area contributed by atoms with Crippen LogP contribution in [0.1, 0.15) is 31.7 Å². The zero-order chi connectivity index (χ0) is 19.1. The van der Waals surface area contributed by atoms with Crippen molar-refractivity contribution < 1.29 is 13.9 Å². The maximum atomic E-state index is 13.9. The summed E-state index contributed by atoms with van der Waals surface area (Å²) < 4.78 is 19.2. The molecule has 0 aliphatic carbocycles. The molecule has 0 spiro atoms. The summed E-state index contributed by atoms with van der Waals surface area (Å²) in [5.74, 6) is -0.0217. The number of nitrogens with one attached hydrogen (secondary N) is 1. The van der Waals surface area contributed by atoms with Crippen molar-refractivity contribution in [2.75, 3.05) is 32.8 Å². The van der Waals surface area contributed by atoms with E-state index in [1.807, 2.05) is 19.1 Å². The fourth-order valence-corrected chi connectivity index (χ4v) is 3.62. The minimum Gasteiger partial charge on any atom is -0.382 e. The van der Waals surface area contributed by atoms with Crippen LogP contribution in [0, 0.1) is 11.7 Å². The van der Waals surface area contributed by atoms with Gasteiger partial charge in [0.25, 0.3) is 0 Å². The maximum Gasteiger partial charge on any atom is 0.223 e. The summed E-state index contributed by atoms with van der Waals surface area (Å²) in [4.78, 5) is 19.0. The lowest BCUT2D eigenvalue weighted by molar-refractivity contribution is -0.126. The number of amides is 1. The summed E-state index contributed by atoms with van der Waals surface area (Å²) in [6, 6.07) is 6.81. The number of carbonyl (C=O) groups excluding carboxylic acids is 1. The van der Waals surface area contributed by atoms with Crippen molar-refractivity contribution in [3.8, 4) is 0 Å². The van der Waals surface area contributed by atoms with E-state index >= 15 is 0 Å². The number of hydrogen-bond acceptors (Lipinski definition) is 4. The molecule has 5 nitrogen and oxygen atoms in total. The predicted octanol–water partition coefficient (Wildman–Crippen LogP) is 3.13. The van der Waals surface area contributed by atoms with E-state index < -0.39 is 0 Å². The number of halogens is 1. The highest BCUT2D eigenvalue weighted by molar-refractivity contribution is 5.81. The van der Waals surface area contributed by atoms with Gasteiger partial charge in [0.15, 0.2) is 0 Å². The van der Waals surface area contributed by atoms with Crippen LogP contribution < -0.4 is 5.32 Å². The van der Waals surface area contributed by atoms with Gasteiger partial charge in [-0.2, -0.15) is 0 Å². The van der Waals surface area contributed by atoms with Crippen molar-refractivity contribution in [1.82, 2.24) is 15.2 Å². The average molecular weight is 373 g/mol. The molecule has 1 amide bonds. The molecule has 1 fully saturated rings. The number of carbonyl (C=O) groups is 1. The van der Waals surface area contributed by atoms with Gasteiger partial charge >= 0.3 is 0 Å². The lowest BCUT2D eigenvalue weighted by Crippen LogP contribution is -2.40. The van der Waals surface area contributed by atoms with Gasteiger partial charge in [0, 0.05) is 43.8 Å². The van der Waals surface area contributed by atoms with Gasteiger partial charge in [-0.1, -0.05) is 6.07 Å². The van der Waals surface area contributed by atoms with Crippen molar-refractivity contribution in [2.45, 2.75) is 32.7 Å². The standard InChI is InChI=1S/C21H28FN3O2/c1-2-27-12-4-9-24-21(26)16-6-10-25(11-7-16)15-18-14-19(22)13-17-5-3-8-23-20(17)18/h3,5,8,13-14,16H,2,4,6-7,9-12,15H2,1H3,(H,24,26). The molecule has 1 aromatic heterocycles. The summed E-state index contributed by atoms with van der Waals surface area (Å²) in [7, 11) is 0. The molecule has 0 atom stereocenters. The fourth-order valence-electron chi connectivity index (χ4n) is 3.62. The highest BCUT2D eigenvalue weighted by Crippen LogP contribution is 2.23. The van der Waals surface area contributed by atoms with Gasteiger partial charge < -0.3 is 10.1 Å². The SMILES string of the molecule is CCOCCCNC(=O)C1CCN(Cc2cc(F)cc3cccnc23)CC1. The van der Waals surface area contributed by atoms with E-state index in [2.05, 4.69) is 15.2 Å². The molecule has 1 aliphatic rings. The van der Waals surface area contributed by atoms with Crippen LogP contribution in [-0.4, -0.2) is 48.6 Å². The van der Waals surface area contributed by atoms with Crippen LogP contribution >= 0.6 is 0 Å². The Morgan fingerprint density at radius 2 is 2.19 bits per heavy atom. The summed E-state index contributed by atoms with van der Waals surface area (Å²) in [5, 5.41) is 3.84. The summed E-state index contributed by atoms with van der Waals surface area (Å²) >= 11 is 0. The fraction of sp³-hybridized carbons (Fsp3) is 0.524. The normalized spacial score (nSPS) is 15.9. The van der Waals surface area contributed by atoms with Gasteiger partial charge in [-0.15, -0.1) is 0 Å². The first-order valence-corrected chi connectivity index (χ1v) is 9.78. The van der Waals surface area contributed by atoms with Crippen molar-refractivity contribution in [3.05, 3.63) is 41.8 Å². The Hall–Kier alpha value is -2.05. The Balaban J connectivity index is 1.49. The number of nitrogens with zero attached hydrogens (tertiary/aromatic N) is 2. The zero-order valence-corrected chi connectivity index (χ0v) is 15.9. The third-order valence-electron chi connectivity index (χ3n) is 5.07. The van der Waals surface area contributed by atoms with Gasteiger partial charge in [0.2, 0.25) is 5.91 Å². The molecular formula is C21H28FN3O2. The van der Waals surface area contributed by atoms with Crippen molar-refractivity contribution >= 4 is 16.8 Å². The van der Waals surface area contributed by atoms with E-state index in [1.54, 1.807) is 12.3 Å². The number of fused-ring (bicyclic) bond motifs is 1. The molecule has 6 heteroatoms. The second-order valence-electron chi connectivity index (χ2n) is 7.03. The van der Waals surface area contributed by atoms with Crippen molar-refractivity contribution in [3.63, 3.8) is 0 Å². The molecule has 0 radical (unpaired) electrons. The maximum absolute atomic E-state index is 13.9. The van der Waals surface area contributed by atoms with Gasteiger partial charge in [0.05, 0.1) is 5.52 Å². The Labute approximate surface area is 159 Å². The molecule has 3 rings (SSSR count). The first kappa shape index (κ1) is 19.7. The molecule has 146 valence electrons. The Morgan fingerprint density at radius 3 is 2.96 bits per heavy atom. The van der Waals surface area contributed by atoms with E-state index in [4.69, 9.17) is 4.74 Å². The summed E-state index contributed by atoms with van der Waals surface area (Å²) in [6.45, 7) is 6.36. The van der Waals surface area contributed by atoms with Crippen LogP contribution in [0.3, 0.4) is 0 Å². The molecule has 2 aromatic rings. The van der Waals surface area contributed by atoms with E-state index in [0.717, 1.165) is 48.8 Å². The molecule has 0 bridgehead atoms. The minimum atomic E-state index is -0.230. The first-order valence-electron chi connectivity index (χ1n) is 9.78. The Morgan fingerprint density at radius 1 is 1.37 bits per heavy atom. The van der Waals surface area contributed by atoms with Crippen LogP contribution in [0.2, 0.25) is 0 Å². The largest absolute Gasteiger partial charge is 0.382 e. The number of likely N-dealkylation sites (tertiary alicyclic amines) is 1. The topological polar surface area (TPSA) is 54.5 Å². The number of ether oxygens (including phenoxy) is 1. The molecule has 27 heavy (non-hydrogen) atoms. The number of hydrogen-bond donors (Lipinski definition) is 1. The molecule has 0 saturated carbocycles. The summed E-state index contributed by atoms with van der Waals surface area (Å²) in [5.41, 5.74) is 1.76. The second kappa shape index (κ2) is 9.76. The lowest BCUT2D eigenvalue weighted by atomic mass is 9.95. The number of piperidine rings is 1. The van der Waals surface area contributed by atoms with Crippen LogP contribution in [0.25, 0.3) is 10.9 Å². The number of benzene rings is 1. The number of pyridine rings is 1. The van der Waals surface area contributed by atoms with E-state index in [9.17, 15) is 9.18 Å². The highest BCUT2D eigenvalue weighted by atomic mass is 19.1. The van der Waals surface area contributed by atoms with E-state index in [-0.39, 0.29) is 17.6 Å². The number of rotatable bonds is 8. The lowest BCUT2D eigenvalue weighted by Gasteiger charge is -2.31. The molecule has 1 saturated heterocycles. The van der Waals surface area contributed by atoms with Gasteiger partial charge in [-0.05, 0) is 63.0 Å². The second-order valence-corrected chi connectivity index (χ2v) is 7.03. The van der Waals surface area contributed by atoms with Crippen molar-refractivity contribution in [1.29, 1.82) is 0 Å². The monoisotopic (exact) mass is 373 g/mol. The van der Waals surface area contributed by atoms with Crippen LogP contribution in [-0.2, 0) is 16.1 Å². The zero-order valence-electron chi connectivity index (χ0n) is 15.9. The molecule has 1 aliphatic heterocycles. The molecule has 1 aromatic carbocycles. The molecule has 0 unspecified atom stereocenters. The molecule has 2 heterocycles. The summed E-state index contributed by atoms with van der Waals surface area (Å²) in [6.07, 6.45) is 4.25. The predicted molar refractivity (Wildman–Crippen MR) is 104 cm³/mol.